The topological polar surface area (TPSA) is 145 Å². The summed E-state index contributed by atoms with van der Waals surface area (Å²) >= 11 is 0. The molecule has 10 nitrogen and oxygen atoms in total. The number of alkyl halides is 4. The molecular formula is C21H19F4O10S-. The molecule has 6 atom stereocenters. The number of rotatable bonds is 10. The van der Waals surface area contributed by atoms with Crippen molar-refractivity contribution in [2.24, 2.45) is 11.8 Å². The molecule has 1 aromatic rings. The van der Waals surface area contributed by atoms with E-state index in [-0.39, 0.29) is 12.0 Å². The van der Waals surface area contributed by atoms with Gasteiger partial charge in [0.1, 0.15) is 24.0 Å². The average molecular weight is 539 g/mol. The van der Waals surface area contributed by atoms with Gasteiger partial charge in [0.05, 0.1) is 12.2 Å². The summed E-state index contributed by atoms with van der Waals surface area (Å²) < 4.78 is 106. The lowest BCUT2D eigenvalue weighted by Crippen LogP contribution is -2.48. The number of halogens is 4. The van der Waals surface area contributed by atoms with Gasteiger partial charge in [0.2, 0.25) is 0 Å². The number of benzene rings is 1. The third kappa shape index (κ3) is 4.43. The van der Waals surface area contributed by atoms with Crippen LogP contribution in [0.3, 0.4) is 0 Å². The third-order valence-electron chi connectivity index (χ3n) is 6.30. The van der Waals surface area contributed by atoms with Crippen LogP contribution in [0, 0.1) is 11.8 Å². The monoisotopic (exact) mass is 539 g/mol. The second-order valence-corrected chi connectivity index (χ2v) is 9.98. The van der Waals surface area contributed by atoms with Crippen molar-refractivity contribution in [1.82, 2.24) is 0 Å². The van der Waals surface area contributed by atoms with E-state index in [0.717, 1.165) is 0 Å². The number of unbranched alkanes of at least 4 members (excludes halogenated alkanes) is 1. The third-order valence-corrected chi connectivity index (χ3v) is 7.23. The van der Waals surface area contributed by atoms with Crippen molar-refractivity contribution in [1.29, 1.82) is 0 Å². The van der Waals surface area contributed by atoms with Crippen LogP contribution in [0.4, 0.5) is 17.6 Å². The molecule has 15 heteroatoms. The molecule has 3 saturated heterocycles. The first-order chi connectivity index (χ1) is 16.8. The van der Waals surface area contributed by atoms with Gasteiger partial charge in [-0.15, -0.1) is 0 Å². The molecule has 0 radical (unpaired) electrons. The lowest BCUT2D eigenvalue weighted by atomic mass is 9.78. The molecule has 36 heavy (non-hydrogen) atoms. The smallest absolute Gasteiger partial charge is 0.396 e. The van der Waals surface area contributed by atoms with Crippen LogP contribution < -0.4 is 0 Å². The zero-order valence-corrected chi connectivity index (χ0v) is 19.0. The van der Waals surface area contributed by atoms with Gasteiger partial charge < -0.3 is 23.5 Å². The molecule has 0 spiro atoms. The SMILES string of the molecule is O=C(OC1C2OC(=O)C3C2OC1C3C(=O)OCCCCC(F)(F)C(F)(F)S(=O)(=O)[O-])c1ccccc1. The molecule has 3 fully saturated rings. The van der Waals surface area contributed by atoms with Crippen molar-refractivity contribution >= 4 is 28.0 Å². The number of esters is 3. The predicted molar refractivity (Wildman–Crippen MR) is 106 cm³/mol. The van der Waals surface area contributed by atoms with Gasteiger partial charge in [0.15, 0.2) is 22.3 Å². The first kappa shape index (κ1) is 26.3. The Balaban J connectivity index is 1.33. The van der Waals surface area contributed by atoms with Gasteiger partial charge in [-0.05, 0) is 25.0 Å². The maximum absolute atomic E-state index is 13.5. The second kappa shape index (κ2) is 9.27. The molecule has 3 heterocycles. The Labute approximate surface area is 201 Å². The van der Waals surface area contributed by atoms with E-state index in [1.54, 1.807) is 18.2 Å². The van der Waals surface area contributed by atoms with Crippen LogP contribution >= 0.6 is 0 Å². The van der Waals surface area contributed by atoms with Crippen molar-refractivity contribution in [3.8, 4) is 0 Å². The van der Waals surface area contributed by atoms with Crippen molar-refractivity contribution in [3.05, 3.63) is 35.9 Å². The van der Waals surface area contributed by atoms with Crippen molar-refractivity contribution in [3.63, 3.8) is 0 Å². The summed E-state index contributed by atoms with van der Waals surface area (Å²) in [6, 6.07) is 7.90. The van der Waals surface area contributed by atoms with Crippen LogP contribution in [-0.2, 0) is 38.7 Å². The number of ether oxygens (including phenoxy) is 4. The highest BCUT2D eigenvalue weighted by molar-refractivity contribution is 7.86. The van der Waals surface area contributed by atoms with E-state index in [0.29, 0.717) is 0 Å². The highest BCUT2D eigenvalue weighted by Gasteiger charge is 2.72. The molecule has 3 aliphatic rings. The number of hydrogen-bond acceptors (Lipinski definition) is 10. The van der Waals surface area contributed by atoms with Gasteiger partial charge in [0, 0.05) is 6.42 Å². The van der Waals surface area contributed by atoms with E-state index in [2.05, 4.69) is 0 Å². The Morgan fingerprint density at radius 1 is 1.03 bits per heavy atom. The molecule has 1 aromatic carbocycles. The van der Waals surface area contributed by atoms with E-state index in [1.165, 1.54) is 12.1 Å². The van der Waals surface area contributed by atoms with Gasteiger partial charge >= 0.3 is 29.1 Å². The summed E-state index contributed by atoms with van der Waals surface area (Å²) in [6.07, 6.45) is -6.66. The molecule has 2 bridgehead atoms. The van der Waals surface area contributed by atoms with Gasteiger partial charge in [-0.2, -0.15) is 17.6 Å². The normalized spacial score (nSPS) is 29.2. The average Bonchev–Trinajstić information content (AvgIpc) is 3.42. The highest BCUT2D eigenvalue weighted by Crippen LogP contribution is 2.51. The predicted octanol–water partition coefficient (Wildman–Crippen LogP) is 1.64. The maximum atomic E-state index is 13.5. The van der Waals surface area contributed by atoms with Gasteiger partial charge in [-0.25, -0.2) is 13.2 Å². The minimum atomic E-state index is -6.59. The molecule has 4 rings (SSSR count). The van der Waals surface area contributed by atoms with Gasteiger partial charge in [-0.1, -0.05) is 18.2 Å². The van der Waals surface area contributed by atoms with E-state index in [4.69, 9.17) is 18.9 Å². The first-order valence-electron chi connectivity index (χ1n) is 10.8. The maximum Gasteiger partial charge on any atom is 0.396 e. The van der Waals surface area contributed by atoms with E-state index >= 15 is 0 Å². The van der Waals surface area contributed by atoms with Crippen molar-refractivity contribution in [2.45, 2.75) is 54.9 Å². The van der Waals surface area contributed by atoms with Crippen molar-refractivity contribution < 1.29 is 63.9 Å². The Bertz CT molecular complexity index is 1140. The standard InChI is InChI=1S/C21H20F4O10S/c22-20(23,21(24,25)36(29,30)31)8-4-5-9-32-18(27)11-12-14-16(35-19(12)28)15(13(11)33-14)34-17(26)10-6-2-1-3-7-10/h1-3,6-7,11-16H,4-5,8-9H2,(H,29,30,31)/p-1. The summed E-state index contributed by atoms with van der Waals surface area (Å²) in [6.45, 7) is -0.530. The first-order valence-corrected chi connectivity index (χ1v) is 12.2. The van der Waals surface area contributed by atoms with Crippen LogP contribution in [-0.4, -0.2) is 73.1 Å². The van der Waals surface area contributed by atoms with Gasteiger partial charge in [0.25, 0.3) is 0 Å². The second-order valence-electron chi connectivity index (χ2n) is 8.55. The number of carbonyl (C=O) groups excluding carboxylic acids is 3. The molecule has 0 saturated carbocycles. The van der Waals surface area contributed by atoms with E-state index in [9.17, 15) is 44.9 Å². The van der Waals surface area contributed by atoms with Crippen molar-refractivity contribution in [2.75, 3.05) is 6.61 Å². The minimum Gasteiger partial charge on any atom is -0.743 e. The largest absolute Gasteiger partial charge is 0.743 e. The number of hydrogen-bond donors (Lipinski definition) is 0. The summed E-state index contributed by atoms with van der Waals surface area (Å²) in [4.78, 5) is 37.4. The zero-order valence-electron chi connectivity index (χ0n) is 18.2. The molecule has 198 valence electrons. The Kier molecular flexibility index (Phi) is 6.77. The molecule has 0 aromatic heterocycles. The molecule has 6 unspecified atom stereocenters. The lowest BCUT2D eigenvalue weighted by molar-refractivity contribution is -0.166. The fourth-order valence-electron chi connectivity index (χ4n) is 4.55. The molecular weight excluding hydrogens is 520 g/mol. The Hall–Kier alpha value is -2.78. The summed E-state index contributed by atoms with van der Waals surface area (Å²) in [5.74, 6) is -9.82. The molecule has 0 aliphatic carbocycles. The minimum absolute atomic E-state index is 0.215. The van der Waals surface area contributed by atoms with Crippen LogP contribution in [0.15, 0.2) is 30.3 Å². The van der Waals surface area contributed by atoms with Crippen LogP contribution in [0.5, 0.6) is 0 Å². The summed E-state index contributed by atoms with van der Waals surface area (Å²) in [5.41, 5.74) is 0.215. The number of fused-ring (bicyclic) bond motifs is 1. The fraction of sp³-hybridized carbons (Fsp3) is 0.571. The summed E-state index contributed by atoms with van der Waals surface area (Å²) in [7, 11) is -6.59. The summed E-state index contributed by atoms with van der Waals surface area (Å²) in [5, 5.41) is -5.79. The Morgan fingerprint density at radius 2 is 1.69 bits per heavy atom. The van der Waals surface area contributed by atoms with Crippen LogP contribution in [0.2, 0.25) is 0 Å². The number of carbonyl (C=O) groups is 3. The van der Waals surface area contributed by atoms with E-state index < -0.39 is 94.9 Å². The fourth-order valence-corrected chi connectivity index (χ4v) is 5.02. The Morgan fingerprint density at radius 3 is 2.33 bits per heavy atom. The van der Waals surface area contributed by atoms with E-state index in [1.807, 2.05) is 0 Å². The molecule has 0 amide bonds. The zero-order chi connectivity index (χ0) is 26.5. The molecule has 3 aliphatic heterocycles. The van der Waals surface area contributed by atoms with Gasteiger partial charge in [-0.3, -0.25) is 9.59 Å². The molecule has 0 N–H and O–H groups in total. The van der Waals surface area contributed by atoms with Crippen LogP contribution in [0.1, 0.15) is 29.6 Å². The quantitative estimate of drug-likeness (QED) is 0.141. The van der Waals surface area contributed by atoms with Crippen LogP contribution in [0.25, 0.3) is 0 Å². The highest BCUT2D eigenvalue weighted by atomic mass is 32.2. The lowest BCUT2D eigenvalue weighted by Gasteiger charge is -2.28.